The molecule has 0 unspecified atom stereocenters. The van der Waals surface area contributed by atoms with Crippen molar-refractivity contribution in [3.63, 3.8) is 0 Å². The van der Waals surface area contributed by atoms with Gasteiger partial charge < -0.3 is 14.8 Å². The fourth-order valence-electron chi connectivity index (χ4n) is 2.40. The maximum atomic E-state index is 12.6. The van der Waals surface area contributed by atoms with Gasteiger partial charge in [0.05, 0.1) is 18.6 Å². The van der Waals surface area contributed by atoms with E-state index in [1.54, 1.807) is 30.3 Å². The predicted octanol–water partition coefficient (Wildman–Crippen LogP) is 3.38. The monoisotopic (exact) mass is 406 g/mol. The molecule has 0 saturated carbocycles. The van der Waals surface area contributed by atoms with Crippen molar-refractivity contribution in [2.75, 3.05) is 33.1 Å². The number of carbonyl (C=O) groups excluding carboxylic acids is 1. The summed E-state index contributed by atoms with van der Waals surface area (Å²) < 4.78 is 36.6. The van der Waals surface area contributed by atoms with Gasteiger partial charge >= 0.3 is 0 Å². The van der Waals surface area contributed by atoms with Crippen LogP contribution < -0.4 is 14.8 Å². The molecular weight excluding hydrogens is 380 g/mol. The molecule has 2 aromatic carbocycles. The molecule has 7 nitrogen and oxygen atoms in total. The summed E-state index contributed by atoms with van der Waals surface area (Å²) in [6.07, 6.45) is 1.95. The number of ether oxygens (including phenoxy) is 2. The maximum Gasteiger partial charge on any atom is 0.255 e. The van der Waals surface area contributed by atoms with Crippen molar-refractivity contribution in [2.24, 2.45) is 0 Å². The Morgan fingerprint density at radius 3 is 2.50 bits per heavy atom. The Morgan fingerprint density at radius 1 is 1.11 bits per heavy atom. The molecule has 0 bridgehead atoms. The Hall–Kier alpha value is -2.58. The first-order valence-electron chi connectivity index (χ1n) is 8.94. The number of benzene rings is 2. The average Bonchev–Trinajstić information content (AvgIpc) is 2.68. The summed E-state index contributed by atoms with van der Waals surface area (Å²) >= 11 is 0. The highest BCUT2D eigenvalue weighted by Gasteiger charge is 2.18. The molecule has 0 radical (unpaired) electrons. The van der Waals surface area contributed by atoms with E-state index in [1.807, 2.05) is 0 Å². The molecule has 28 heavy (non-hydrogen) atoms. The summed E-state index contributed by atoms with van der Waals surface area (Å²) in [5, 5.41) is 2.71. The quantitative estimate of drug-likeness (QED) is 0.646. The molecule has 0 spiro atoms. The topological polar surface area (TPSA) is 84.9 Å². The number of methoxy groups -OCH3 is 1. The summed E-state index contributed by atoms with van der Waals surface area (Å²) in [5.74, 6) is 0.664. The molecule has 0 atom stereocenters. The van der Waals surface area contributed by atoms with E-state index in [0.29, 0.717) is 29.4 Å². The van der Waals surface area contributed by atoms with Crippen LogP contribution in [0.1, 0.15) is 30.1 Å². The first kappa shape index (κ1) is 21.7. The SMILES string of the molecule is CCCCOc1ccc(C(=O)Nc2cccc(S(=O)(=O)N(C)C)c2)cc1OC. The van der Waals surface area contributed by atoms with Crippen LogP contribution in [0.2, 0.25) is 0 Å². The Balaban J connectivity index is 2.19. The number of carbonyl (C=O) groups is 1. The van der Waals surface area contributed by atoms with E-state index in [0.717, 1.165) is 17.1 Å². The van der Waals surface area contributed by atoms with E-state index in [4.69, 9.17) is 9.47 Å². The van der Waals surface area contributed by atoms with Crippen LogP contribution in [0, 0.1) is 0 Å². The lowest BCUT2D eigenvalue weighted by atomic mass is 10.2. The molecule has 0 saturated heterocycles. The van der Waals surface area contributed by atoms with Crippen LogP contribution in [0.5, 0.6) is 11.5 Å². The highest BCUT2D eigenvalue weighted by molar-refractivity contribution is 7.89. The van der Waals surface area contributed by atoms with E-state index in [-0.39, 0.29) is 10.8 Å². The van der Waals surface area contributed by atoms with Crippen molar-refractivity contribution in [1.82, 2.24) is 4.31 Å². The second kappa shape index (κ2) is 9.57. The zero-order valence-corrected chi connectivity index (χ0v) is 17.4. The lowest BCUT2D eigenvalue weighted by Gasteiger charge is -2.14. The van der Waals surface area contributed by atoms with Gasteiger partial charge in [0.15, 0.2) is 11.5 Å². The van der Waals surface area contributed by atoms with Gasteiger partial charge in [-0.15, -0.1) is 0 Å². The number of hydrogen-bond acceptors (Lipinski definition) is 5. The number of rotatable bonds is 9. The van der Waals surface area contributed by atoms with Crippen LogP contribution in [0.25, 0.3) is 0 Å². The van der Waals surface area contributed by atoms with Gasteiger partial charge in [0, 0.05) is 25.3 Å². The molecule has 0 aliphatic carbocycles. The van der Waals surface area contributed by atoms with E-state index >= 15 is 0 Å². The smallest absolute Gasteiger partial charge is 0.255 e. The van der Waals surface area contributed by atoms with E-state index in [2.05, 4.69) is 12.2 Å². The lowest BCUT2D eigenvalue weighted by molar-refractivity contribution is 0.102. The number of unbranched alkanes of at least 4 members (excludes halogenated alkanes) is 1. The molecule has 0 fully saturated rings. The zero-order chi connectivity index (χ0) is 20.7. The molecule has 8 heteroatoms. The molecule has 2 rings (SSSR count). The molecule has 152 valence electrons. The molecule has 2 aromatic rings. The van der Waals surface area contributed by atoms with Gasteiger partial charge in [-0.25, -0.2) is 12.7 Å². The van der Waals surface area contributed by atoms with Gasteiger partial charge in [0.1, 0.15) is 0 Å². The number of nitrogens with one attached hydrogen (secondary N) is 1. The number of amides is 1. The molecule has 0 aliphatic rings. The zero-order valence-electron chi connectivity index (χ0n) is 16.6. The average molecular weight is 407 g/mol. The number of nitrogens with zero attached hydrogens (tertiary/aromatic N) is 1. The normalized spacial score (nSPS) is 11.3. The van der Waals surface area contributed by atoms with Crippen LogP contribution >= 0.6 is 0 Å². The van der Waals surface area contributed by atoms with Crippen molar-refractivity contribution in [3.8, 4) is 11.5 Å². The number of sulfonamides is 1. The van der Waals surface area contributed by atoms with E-state index in [1.165, 1.54) is 33.3 Å². The summed E-state index contributed by atoms with van der Waals surface area (Å²) in [4.78, 5) is 12.7. The molecule has 0 aliphatic heterocycles. The first-order chi connectivity index (χ1) is 13.3. The molecule has 0 heterocycles. The predicted molar refractivity (Wildman–Crippen MR) is 109 cm³/mol. The highest BCUT2D eigenvalue weighted by Crippen LogP contribution is 2.29. The third kappa shape index (κ3) is 5.24. The second-order valence-electron chi connectivity index (χ2n) is 6.34. The third-order valence-electron chi connectivity index (χ3n) is 4.05. The molecule has 0 aromatic heterocycles. The van der Waals surface area contributed by atoms with Crippen LogP contribution in [-0.2, 0) is 10.0 Å². The van der Waals surface area contributed by atoms with E-state index < -0.39 is 10.0 Å². The van der Waals surface area contributed by atoms with Gasteiger partial charge in [-0.3, -0.25) is 4.79 Å². The van der Waals surface area contributed by atoms with Gasteiger partial charge in [0.25, 0.3) is 5.91 Å². The minimum absolute atomic E-state index is 0.104. The van der Waals surface area contributed by atoms with E-state index in [9.17, 15) is 13.2 Å². The fourth-order valence-corrected chi connectivity index (χ4v) is 3.35. The van der Waals surface area contributed by atoms with Crippen LogP contribution in [0.15, 0.2) is 47.4 Å². The maximum absolute atomic E-state index is 12.6. The van der Waals surface area contributed by atoms with Crippen LogP contribution in [0.4, 0.5) is 5.69 Å². The Labute approximate surface area is 166 Å². The second-order valence-corrected chi connectivity index (χ2v) is 8.49. The van der Waals surface area contributed by atoms with Gasteiger partial charge in [-0.05, 0) is 42.8 Å². The Bertz CT molecular complexity index is 926. The Morgan fingerprint density at radius 2 is 1.86 bits per heavy atom. The largest absolute Gasteiger partial charge is 0.493 e. The minimum Gasteiger partial charge on any atom is -0.493 e. The van der Waals surface area contributed by atoms with Crippen LogP contribution in [-0.4, -0.2) is 46.4 Å². The third-order valence-corrected chi connectivity index (χ3v) is 5.86. The van der Waals surface area contributed by atoms with Crippen molar-refractivity contribution in [2.45, 2.75) is 24.7 Å². The first-order valence-corrected chi connectivity index (χ1v) is 10.4. The standard InChI is InChI=1S/C20H26N2O5S/c1-5-6-12-27-18-11-10-15(13-19(18)26-4)20(23)21-16-8-7-9-17(14-16)28(24,25)22(2)3/h7-11,13-14H,5-6,12H2,1-4H3,(H,21,23). The Kier molecular flexibility index (Phi) is 7.42. The van der Waals surface area contributed by atoms with Gasteiger partial charge in [-0.1, -0.05) is 19.4 Å². The number of hydrogen-bond donors (Lipinski definition) is 1. The molecular formula is C20H26N2O5S. The summed E-state index contributed by atoms with van der Waals surface area (Å²) in [6, 6.07) is 11.0. The molecule has 1 amide bonds. The molecule has 1 N–H and O–H groups in total. The van der Waals surface area contributed by atoms with Crippen LogP contribution in [0.3, 0.4) is 0 Å². The highest BCUT2D eigenvalue weighted by atomic mass is 32.2. The van der Waals surface area contributed by atoms with Crippen molar-refractivity contribution >= 4 is 21.6 Å². The number of anilines is 1. The van der Waals surface area contributed by atoms with Gasteiger partial charge in [0.2, 0.25) is 10.0 Å². The minimum atomic E-state index is -3.58. The van der Waals surface area contributed by atoms with Crippen molar-refractivity contribution < 1.29 is 22.7 Å². The van der Waals surface area contributed by atoms with Crippen molar-refractivity contribution in [3.05, 3.63) is 48.0 Å². The summed E-state index contributed by atoms with van der Waals surface area (Å²) in [6.45, 7) is 2.65. The summed E-state index contributed by atoms with van der Waals surface area (Å²) in [5.41, 5.74) is 0.760. The van der Waals surface area contributed by atoms with Gasteiger partial charge in [-0.2, -0.15) is 0 Å². The summed E-state index contributed by atoms with van der Waals surface area (Å²) in [7, 11) is 0.842. The lowest BCUT2D eigenvalue weighted by Crippen LogP contribution is -2.22. The fraction of sp³-hybridized carbons (Fsp3) is 0.350. The van der Waals surface area contributed by atoms with Crippen molar-refractivity contribution in [1.29, 1.82) is 0 Å².